The molecule has 1 amide bonds. The zero-order valence-electron chi connectivity index (χ0n) is 15.6. The molecule has 2 atom stereocenters. The third-order valence-electron chi connectivity index (χ3n) is 6.56. The molecule has 2 heterocycles. The second-order valence-corrected chi connectivity index (χ2v) is 7.96. The lowest BCUT2D eigenvalue weighted by molar-refractivity contribution is -0.132. The van der Waals surface area contributed by atoms with Crippen LogP contribution in [0.5, 0.6) is 11.5 Å². The first-order chi connectivity index (χ1) is 13.6. The van der Waals surface area contributed by atoms with Crippen LogP contribution in [-0.2, 0) is 16.6 Å². The third-order valence-corrected chi connectivity index (χ3v) is 6.56. The molecule has 2 aromatic carbocycles. The van der Waals surface area contributed by atoms with Crippen molar-refractivity contribution in [3.8, 4) is 11.5 Å². The highest BCUT2D eigenvalue weighted by atomic mass is 16.7. The van der Waals surface area contributed by atoms with Gasteiger partial charge in [-0.3, -0.25) is 4.79 Å². The number of aliphatic hydroxyl groups is 1. The van der Waals surface area contributed by atoms with Crippen molar-refractivity contribution in [2.24, 2.45) is 5.73 Å². The van der Waals surface area contributed by atoms with Gasteiger partial charge in [0, 0.05) is 18.5 Å². The van der Waals surface area contributed by atoms with Gasteiger partial charge in [-0.25, -0.2) is 0 Å². The summed E-state index contributed by atoms with van der Waals surface area (Å²) in [6, 6.07) is 13.3. The van der Waals surface area contributed by atoms with E-state index >= 15 is 0 Å². The van der Waals surface area contributed by atoms with E-state index < -0.39 is 6.10 Å². The first kappa shape index (κ1) is 17.5. The number of amides is 1. The number of hydrogen-bond donors (Lipinski definition) is 2. The summed E-state index contributed by atoms with van der Waals surface area (Å²) in [4.78, 5) is 14.7. The first-order valence-corrected chi connectivity index (χ1v) is 9.78. The molecule has 28 heavy (non-hydrogen) atoms. The largest absolute Gasteiger partial charge is 0.454 e. The Morgan fingerprint density at radius 1 is 1.14 bits per heavy atom. The van der Waals surface area contributed by atoms with Gasteiger partial charge in [0.15, 0.2) is 11.5 Å². The predicted octanol–water partition coefficient (Wildman–Crippen LogP) is 1.89. The van der Waals surface area contributed by atoms with E-state index in [1.807, 2.05) is 41.3 Å². The highest BCUT2D eigenvalue weighted by Crippen LogP contribution is 2.50. The average molecular weight is 380 g/mol. The van der Waals surface area contributed by atoms with Crippen LogP contribution in [0.2, 0.25) is 0 Å². The fourth-order valence-corrected chi connectivity index (χ4v) is 4.97. The van der Waals surface area contributed by atoms with E-state index in [1.165, 1.54) is 0 Å². The van der Waals surface area contributed by atoms with Crippen LogP contribution in [0.4, 0.5) is 0 Å². The molecule has 0 bridgehead atoms. The molecule has 0 unspecified atom stereocenters. The number of carbonyl (C=O) groups excluding carboxylic acids is 1. The Hall–Kier alpha value is -2.57. The van der Waals surface area contributed by atoms with Crippen molar-refractivity contribution in [2.75, 3.05) is 19.9 Å². The van der Waals surface area contributed by atoms with Crippen LogP contribution in [0.1, 0.15) is 35.6 Å². The molecule has 6 heteroatoms. The smallest absolute Gasteiger partial charge is 0.231 e. The van der Waals surface area contributed by atoms with Gasteiger partial charge in [0.05, 0.1) is 18.6 Å². The third kappa shape index (κ3) is 2.59. The molecule has 3 N–H and O–H groups in total. The van der Waals surface area contributed by atoms with Gasteiger partial charge in [0.2, 0.25) is 12.7 Å². The quantitative estimate of drug-likeness (QED) is 0.831. The topological polar surface area (TPSA) is 85.0 Å². The molecule has 5 rings (SSSR count). The summed E-state index contributed by atoms with van der Waals surface area (Å²) in [6.45, 7) is 1.48. The number of likely N-dealkylation sites (tertiary alicyclic amines) is 1. The van der Waals surface area contributed by atoms with Crippen molar-refractivity contribution < 1.29 is 19.4 Å². The lowest BCUT2D eigenvalue weighted by Gasteiger charge is -2.42. The number of piperidine rings is 1. The molecular formula is C22H24N2O4. The molecule has 2 aromatic rings. The van der Waals surface area contributed by atoms with E-state index in [4.69, 9.17) is 15.2 Å². The molecule has 1 aliphatic carbocycles. The van der Waals surface area contributed by atoms with E-state index in [2.05, 4.69) is 6.07 Å². The Bertz CT molecular complexity index is 921. The van der Waals surface area contributed by atoms with Crippen LogP contribution >= 0.6 is 0 Å². The fourth-order valence-electron chi connectivity index (χ4n) is 4.97. The fraction of sp³-hybridized carbons (Fsp3) is 0.409. The van der Waals surface area contributed by atoms with Gasteiger partial charge < -0.3 is 25.2 Å². The van der Waals surface area contributed by atoms with E-state index in [0.717, 1.165) is 35.3 Å². The number of ether oxygens (including phenoxy) is 2. The van der Waals surface area contributed by atoms with Gasteiger partial charge in [0.25, 0.3) is 0 Å². The van der Waals surface area contributed by atoms with Gasteiger partial charge in [-0.1, -0.05) is 30.3 Å². The molecule has 1 spiro atoms. The zero-order chi connectivity index (χ0) is 19.3. The van der Waals surface area contributed by atoms with Crippen LogP contribution in [0.3, 0.4) is 0 Å². The summed E-state index contributed by atoms with van der Waals surface area (Å²) in [5, 5.41) is 10.9. The van der Waals surface area contributed by atoms with Crippen molar-refractivity contribution in [3.05, 3.63) is 59.2 Å². The maximum atomic E-state index is 12.8. The Labute approximate surface area is 163 Å². The van der Waals surface area contributed by atoms with Gasteiger partial charge >= 0.3 is 0 Å². The summed E-state index contributed by atoms with van der Waals surface area (Å²) in [6.07, 6.45) is 1.19. The van der Waals surface area contributed by atoms with Crippen LogP contribution in [0.15, 0.2) is 42.5 Å². The van der Waals surface area contributed by atoms with Crippen molar-refractivity contribution in [2.45, 2.75) is 36.8 Å². The van der Waals surface area contributed by atoms with E-state index in [0.29, 0.717) is 25.3 Å². The highest BCUT2D eigenvalue weighted by Gasteiger charge is 2.51. The van der Waals surface area contributed by atoms with Gasteiger partial charge in [0.1, 0.15) is 0 Å². The number of aliphatic hydroxyl groups excluding tert-OH is 1. The molecule has 0 saturated carbocycles. The van der Waals surface area contributed by atoms with Crippen LogP contribution < -0.4 is 15.2 Å². The molecule has 0 aromatic heterocycles. The number of benzene rings is 2. The molecule has 6 nitrogen and oxygen atoms in total. The number of nitrogens with two attached hydrogens (primary N) is 1. The number of fused-ring (bicyclic) bond motifs is 3. The molecule has 1 fully saturated rings. The van der Waals surface area contributed by atoms with E-state index in [9.17, 15) is 9.90 Å². The summed E-state index contributed by atoms with van der Waals surface area (Å²) < 4.78 is 10.7. The minimum atomic E-state index is -0.601. The summed E-state index contributed by atoms with van der Waals surface area (Å²) in [5.41, 5.74) is 9.05. The maximum absolute atomic E-state index is 12.8. The minimum absolute atomic E-state index is 0.0961. The lowest BCUT2D eigenvalue weighted by atomic mass is 9.72. The van der Waals surface area contributed by atoms with Gasteiger partial charge in [-0.05, 0) is 41.7 Å². The number of nitrogens with zero attached hydrogens (tertiary/aromatic N) is 1. The SMILES string of the molecule is N[C@@H]1c2ccccc2C2(CCN(C(=O)Cc3ccc4c(c3)OCO4)CC2)[C@H]1O. The Balaban J connectivity index is 1.29. The summed E-state index contributed by atoms with van der Waals surface area (Å²) >= 11 is 0. The molecule has 2 aliphatic heterocycles. The van der Waals surface area contributed by atoms with Crippen molar-refractivity contribution in [1.29, 1.82) is 0 Å². The molecular weight excluding hydrogens is 356 g/mol. The Morgan fingerprint density at radius 3 is 2.71 bits per heavy atom. The normalized spacial score (nSPS) is 24.4. The average Bonchev–Trinajstić information content (AvgIpc) is 3.27. The highest BCUT2D eigenvalue weighted by molar-refractivity contribution is 5.79. The number of carbonyl (C=O) groups is 1. The molecule has 146 valence electrons. The molecule has 0 radical (unpaired) electrons. The van der Waals surface area contributed by atoms with Crippen molar-refractivity contribution >= 4 is 5.91 Å². The number of rotatable bonds is 2. The maximum Gasteiger partial charge on any atom is 0.231 e. The van der Waals surface area contributed by atoms with Crippen molar-refractivity contribution in [3.63, 3.8) is 0 Å². The van der Waals surface area contributed by atoms with E-state index in [1.54, 1.807) is 0 Å². The monoisotopic (exact) mass is 380 g/mol. The Morgan fingerprint density at radius 2 is 1.89 bits per heavy atom. The summed E-state index contributed by atoms with van der Waals surface area (Å²) in [5.74, 6) is 1.52. The van der Waals surface area contributed by atoms with Crippen molar-refractivity contribution in [1.82, 2.24) is 4.90 Å². The lowest BCUT2D eigenvalue weighted by Crippen LogP contribution is -2.50. The van der Waals surface area contributed by atoms with Crippen LogP contribution in [-0.4, -0.2) is 41.9 Å². The first-order valence-electron chi connectivity index (χ1n) is 9.78. The molecule has 1 saturated heterocycles. The molecule has 3 aliphatic rings. The Kier molecular flexibility index (Phi) is 4.07. The van der Waals surface area contributed by atoms with E-state index in [-0.39, 0.29) is 24.2 Å². The number of hydrogen-bond acceptors (Lipinski definition) is 5. The second-order valence-electron chi connectivity index (χ2n) is 7.96. The predicted molar refractivity (Wildman–Crippen MR) is 103 cm³/mol. The zero-order valence-corrected chi connectivity index (χ0v) is 15.6. The van der Waals surface area contributed by atoms with Crippen LogP contribution in [0.25, 0.3) is 0 Å². The van der Waals surface area contributed by atoms with Gasteiger partial charge in [-0.2, -0.15) is 0 Å². The second kappa shape index (κ2) is 6.50. The van der Waals surface area contributed by atoms with Crippen LogP contribution in [0, 0.1) is 0 Å². The summed E-state index contributed by atoms with van der Waals surface area (Å²) in [7, 11) is 0. The minimum Gasteiger partial charge on any atom is -0.454 e. The van der Waals surface area contributed by atoms with Gasteiger partial charge in [-0.15, -0.1) is 0 Å². The standard InChI is InChI=1S/C22H24N2O4/c23-20-15-3-1-2-4-16(15)22(21(20)26)7-9-24(10-8-22)19(25)12-14-5-6-17-18(11-14)28-13-27-17/h1-6,11,20-21,26H,7-10,12-13,23H2/t20-,21+/m1/s1.